The van der Waals surface area contributed by atoms with E-state index in [2.05, 4.69) is 22.4 Å². The van der Waals surface area contributed by atoms with Crippen molar-refractivity contribution in [3.63, 3.8) is 0 Å². The molecule has 2 heterocycles. The maximum absolute atomic E-state index is 5.63. The number of aromatic amines is 1. The van der Waals surface area contributed by atoms with Crippen LogP contribution in [0.5, 0.6) is 0 Å². The summed E-state index contributed by atoms with van der Waals surface area (Å²) < 4.78 is 5.63. The van der Waals surface area contributed by atoms with Gasteiger partial charge in [-0.3, -0.25) is 5.10 Å². The molecule has 2 N–H and O–H groups in total. The van der Waals surface area contributed by atoms with Gasteiger partial charge in [0.1, 0.15) is 11.5 Å². The summed E-state index contributed by atoms with van der Waals surface area (Å²) >= 11 is 0. The highest BCUT2D eigenvalue weighted by atomic mass is 16.3. The molecule has 0 aromatic carbocycles. The van der Waals surface area contributed by atoms with E-state index in [-0.39, 0.29) is 0 Å². The molecule has 2 aromatic heterocycles. The summed E-state index contributed by atoms with van der Waals surface area (Å²) in [5.74, 6) is 2.66. The van der Waals surface area contributed by atoms with Crippen LogP contribution in [0.15, 0.2) is 22.7 Å². The zero-order chi connectivity index (χ0) is 12.5. The van der Waals surface area contributed by atoms with Gasteiger partial charge in [-0.05, 0) is 31.4 Å². The van der Waals surface area contributed by atoms with Gasteiger partial charge in [-0.1, -0.05) is 13.3 Å². The molecule has 1 saturated carbocycles. The van der Waals surface area contributed by atoms with Gasteiger partial charge in [-0.15, -0.1) is 0 Å². The third-order valence-electron chi connectivity index (χ3n) is 3.71. The lowest BCUT2D eigenvalue weighted by Crippen LogP contribution is -2.17. The minimum Gasteiger partial charge on any atom is -0.460 e. The van der Waals surface area contributed by atoms with Crippen LogP contribution >= 0.6 is 0 Å². The summed E-state index contributed by atoms with van der Waals surface area (Å²) in [5.41, 5.74) is 2.16. The Morgan fingerprint density at radius 3 is 3.06 bits per heavy atom. The topological polar surface area (TPSA) is 53.9 Å². The van der Waals surface area contributed by atoms with Gasteiger partial charge >= 0.3 is 0 Å². The average Bonchev–Trinajstić information content (AvgIpc) is 2.75. The molecule has 0 spiro atoms. The van der Waals surface area contributed by atoms with Crippen molar-refractivity contribution in [2.45, 2.75) is 39.3 Å². The summed E-state index contributed by atoms with van der Waals surface area (Å²) in [6.45, 7) is 5.06. The number of furan rings is 1. The molecule has 0 aliphatic heterocycles. The van der Waals surface area contributed by atoms with E-state index in [1.54, 1.807) is 0 Å². The number of nitrogens with zero attached hydrogens (tertiary/aromatic N) is 1. The number of hydrogen-bond donors (Lipinski definition) is 2. The second kappa shape index (κ2) is 4.61. The Morgan fingerprint density at radius 1 is 1.50 bits per heavy atom. The second-order valence-electron chi connectivity index (χ2n) is 5.07. The van der Waals surface area contributed by atoms with Crippen molar-refractivity contribution in [3.05, 3.63) is 29.7 Å². The fraction of sp³-hybridized carbons (Fsp3) is 0.500. The van der Waals surface area contributed by atoms with Crippen LogP contribution < -0.4 is 5.32 Å². The molecular formula is C14H19N3O. The maximum Gasteiger partial charge on any atom is 0.152 e. The van der Waals surface area contributed by atoms with Crippen LogP contribution in [0, 0.1) is 12.8 Å². The van der Waals surface area contributed by atoms with Gasteiger partial charge in [0.2, 0.25) is 0 Å². The van der Waals surface area contributed by atoms with Crippen LogP contribution in [0.2, 0.25) is 0 Å². The lowest BCUT2D eigenvalue weighted by molar-refractivity contribution is 0.544. The Balaban J connectivity index is 1.68. The van der Waals surface area contributed by atoms with Gasteiger partial charge in [0, 0.05) is 18.2 Å². The molecule has 1 fully saturated rings. The van der Waals surface area contributed by atoms with Crippen molar-refractivity contribution in [1.82, 2.24) is 15.5 Å². The highest BCUT2D eigenvalue weighted by Crippen LogP contribution is 2.33. The Labute approximate surface area is 107 Å². The first-order chi connectivity index (χ1) is 8.78. The van der Waals surface area contributed by atoms with Crippen molar-refractivity contribution in [1.29, 1.82) is 0 Å². The largest absolute Gasteiger partial charge is 0.460 e. The first-order valence-corrected chi connectivity index (χ1v) is 6.60. The summed E-state index contributed by atoms with van der Waals surface area (Å²) in [4.78, 5) is 0. The molecule has 4 heteroatoms. The average molecular weight is 245 g/mol. The molecule has 0 saturated heterocycles. The van der Waals surface area contributed by atoms with E-state index in [1.165, 1.54) is 18.4 Å². The molecule has 3 rings (SSSR count). The van der Waals surface area contributed by atoms with E-state index in [4.69, 9.17) is 4.42 Å². The Morgan fingerprint density at radius 2 is 2.39 bits per heavy atom. The van der Waals surface area contributed by atoms with E-state index < -0.39 is 0 Å². The van der Waals surface area contributed by atoms with Crippen LogP contribution in [-0.2, 0) is 6.54 Å². The molecule has 0 bridgehead atoms. The zero-order valence-electron chi connectivity index (χ0n) is 10.9. The summed E-state index contributed by atoms with van der Waals surface area (Å²) in [6.07, 6.45) is 4.46. The van der Waals surface area contributed by atoms with Crippen LogP contribution in [0.4, 0.5) is 0 Å². The van der Waals surface area contributed by atoms with E-state index in [1.807, 2.05) is 25.3 Å². The molecule has 2 atom stereocenters. The van der Waals surface area contributed by atoms with Crippen molar-refractivity contribution in [2.75, 3.05) is 0 Å². The van der Waals surface area contributed by atoms with E-state index in [9.17, 15) is 0 Å². The molecule has 2 unspecified atom stereocenters. The normalized spacial score (nSPS) is 22.3. The number of aromatic nitrogens is 2. The first kappa shape index (κ1) is 11.5. The van der Waals surface area contributed by atoms with E-state index >= 15 is 0 Å². The van der Waals surface area contributed by atoms with Crippen LogP contribution in [0.1, 0.15) is 31.1 Å². The van der Waals surface area contributed by atoms with Crippen LogP contribution in [0.3, 0.4) is 0 Å². The van der Waals surface area contributed by atoms with Crippen molar-refractivity contribution < 1.29 is 4.42 Å². The number of aryl methyl sites for hydroxylation is 1. The van der Waals surface area contributed by atoms with Crippen LogP contribution in [0.25, 0.3) is 11.5 Å². The molecule has 96 valence electrons. The van der Waals surface area contributed by atoms with Gasteiger partial charge in [0.15, 0.2) is 5.76 Å². The van der Waals surface area contributed by atoms with Gasteiger partial charge in [-0.2, -0.15) is 5.10 Å². The molecule has 18 heavy (non-hydrogen) atoms. The highest BCUT2D eigenvalue weighted by Gasteiger charge is 2.34. The van der Waals surface area contributed by atoms with Gasteiger partial charge in [0.05, 0.1) is 6.20 Å². The fourth-order valence-corrected chi connectivity index (χ4v) is 2.42. The lowest BCUT2D eigenvalue weighted by atomic mass is 10.2. The Kier molecular flexibility index (Phi) is 2.96. The van der Waals surface area contributed by atoms with Crippen molar-refractivity contribution in [2.24, 2.45) is 5.92 Å². The third kappa shape index (κ3) is 2.20. The molecule has 0 amide bonds. The quantitative estimate of drug-likeness (QED) is 0.851. The predicted octanol–water partition coefficient (Wildman–Crippen LogP) is 2.87. The Bertz CT molecular complexity index is 529. The monoisotopic (exact) mass is 245 g/mol. The second-order valence-corrected chi connectivity index (χ2v) is 5.07. The number of rotatable bonds is 5. The number of hydrogen-bond acceptors (Lipinski definition) is 3. The molecular weight excluding hydrogens is 226 g/mol. The molecule has 1 aliphatic carbocycles. The first-order valence-electron chi connectivity index (χ1n) is 6.60. The highest BCUT2D eigenvalue weighted by molar-refractivity contribution is 5.56. The Hall–Kier alpha value is -1.55. The summed E-state index contributed by atoms with van der Waals surface area (Å²) in [6, 6.07) is 4.65. The lowest BCUT2D eigenvalue weighted by Gasteiger charge is -2.03. The minimum absolute atomic E-state index is 0.691. The van der Waals surface area contributed by atoms with Gasteiger partial charge in [0.25, 0.3) is 0 Å². The fourth-order valence-electron chi connectivity index (χ4n) is 2.42. The predicted molar refractivity (Wildman–Crippen MR) is 70.1 cm³/mol. The van der Waals surface area contributed by atoms with Gasteiger partial charge in [-0.25, -0.2) is 0 Å². The zero-order valence-corrected chi connectivity index (χ0v) is 10.9. The molecule has 2 aromatic rings. The smallest absolute Gasteiger partial charge is 0.152 e. The molecule has 4 nitrogen and oxygen atoms in total. The summed E-state index contributed by atoms with van der Waals surface area (Å²) in [7, 11) is 0. The van der Waals surface area contributed by atoms with Crippen molar-refractivity contribution >= 4 is 0 Å². The number of nitrogens with one attached hydrogen (secondary N) is 2. The maximum atomic E-state index is 5.63. The minimum atomic E-state index is 0.691. The van der Waals surface area contributed by atoms with Crippen molar-refractivity contribution in [3.8, 4) is 11.5 Å². The van der Waals surface area contributed by atoms with E-state index in [0.29, 0.717) is 6.04 Å². The molecule has 0 radical (unpaired) electrons. The third-order valence-corrected chi connectivity index (χ3v) is 3.71. The van der Waals surface area contributed by atoms with Crippen LogP contribution in [-0.4, -0.2) is 16.2 Å². The SMILES string of the molecule is CCC1CC1NCc1cn[nH]c1-c1ccc(C)o1. The summed E-state index contributed by atoms with van der Waals surface area (Å²) in [5, 5.41) is 10.7. The molecule has 1 aliphatic rings. The van der Waals surface area contributed by atoms with E-state index in [0.717, 1.165) is 29.7 Å². The standard InChI is InChI=1S/C14H19N3O/c1-3-10-6-12(10)15-7-11-8-16-17-14(11)13-5-4-9(2)18-13/h4-5,8,10,12,15H,3,6-7H2,1-2H3,(H,16,17). The number of H-pyrrole nitrogens is 1. The van der Waals surface area contributed by atoms with Gasteiger partial charge < -0.3 is 9.73 Å².